The fourth-order valence-electron chi connectivity index (χ4n) is 1.81. The second-order valence-corrected chi connectivity index (χ2v) is 4.85. The van der Waals surface area contributed by atoms with Crippen LogP contribution in [0.15, 0.2) is 24.3 Å². The summed E-state index contributed by atoms with van der Waals surface area (Å²) in [4.78, 5) is 0. The highest BCUT2D eigenvalue weighted by Crippen LogP contribution is 2.19. The zero-order chi connectivity index (χ0) is 11.3. The van der Waals surface area contributed by atoms with Gasteiger partial charge in [-0.05, 0) is 24.8 Å². The van der Waals surface area contributed by atoms with Crippen LogP contribution >= 0.6 is 0 Å². The molecule has 1 heteroatoms. The molecular weight excluding hydrogens is 182 g/mol. The fourth-order valence-corrected chi connectivity index (χ4v) is 1.81. The van der Waals surface area contributed by atoms with Gasteiger partial charge in [0.15, 0.2) is 0 Å². The first-order valence-corrected chi connectivity index (χ1v) is 5.91. The van der Waals surface area contributed by atoms with Crippen LogP contribution in [0.2, 0.25) is 0 Å². The molecule has 15 heavy (non-hydrogen) atoms. The van der Waals surface area contributed by atoms with Crippen LogP contribution in [0.1, 0.15) is 50.3 Å². The van der Waals surface area contributed by atoms with E-state index in [1.807, 2.05) is 0 Å². The molecule has 0 amide bonds. The number of aryl methyl sites for hydroxylation is 1. The van der Waals surface area contributed by atoms with Gasteiger partial charge in [-0.25, -0.2) is 0 Å². The predicted octanol–water partition coefficient (Wildman–Crippen LogP) is 3.82. The lowest BCUT2D eigenvalue weighted by atomic mass is 9.98. The summed E-state index contributed by atoms with van der Waals surface area (Å²) < 4.78 is 0. The Hall–Kier alpha value is -0.820. The molecule has 0 aliphatic carbocycles. The first-order chi connectivity index (χ1) is 7.09. The molecule has 0 spiro atoms. The molecule has 0 radical (unpaired) electrons. The van der Waals surface area contributed by atoms with Crippen molar-refractivity contribution in [1.82, 2.24) is 0 Å². The van der Waals surface area contributed by atoms with E-state index in [1.165, 1.54) is 24.0 Å². The molecule has 0 aliphatic rings. The van der Waals surface area contributed by atoms with Gasteiger partial charge < -0.3 is 5.73 Å². The third-order valence-electron chi connectivity index (χ3n) is 2.77. The monoisotopic (exact) mass is 205 g/mol. The zero-order valence-corrected chi connectivity index (χ0v) is 10.2. The lowest BCUT2D eigenvalue weighted by Crippen LogP contribution is -2.10. The van der Waals surface area contributed by atoms with Crippen molar-refractivity contribution in [2.45, 2.75) is 46.1 Å². The molecule has 1 unspecified atom stereocenters. The fraction of sp³-hybridized carbons (Fsp3) is 0.571. The molecule has 0 bridgehead atoms. The topological polar surface area (TPSA) is 26.0 Å². The summed E-state index contributed by atoms with van der Waals surface area (Å²) in [5.41, 5.74) is 8.72. The second-order valence-electron chi connectivity index (χ2n) is 4.85. The Morgan fingerprint density at radius 1 is 1.20 bits per heavy atom. The molecule has 1 rings (SSSR count). The van der Waals surface area contributed by atoms with Crippen molar-refractivity contribution in [3.8, 4) is 0 Å². The minimum Gasteiger partial charge on any atom is -0.324 e. The first kappa shape index (κ1) is 12.3. The summed E-state index contributed by atoms with van der Waals surface area (Å²) in [6, 6.07) is 8.74. The molecule has 2 N–H and O–H groups in total. The Morgan fingerprint density at radius 3 is 2.53 bits per heavy atom. The molecule has 1 atom stereocenters. The maximum atomic E-state index is 6.15. The Kier molecular flexibility index (Phi) is 4.83. The van der Waals surface area contributed by atoms with E-state index in [4.69, 9.17) is 5.73 Å². The van der Waals surface area contributed by atoms with Crippen molar-refractivity contribution >= 4 is 0 Å². The van der Waals surface area contributed by atoms with Gasteiger partial charge in [0.25, 0.3) is 0 Å². The van der Waals surface area contributed by atoms with E-state index in [-0.39, 0.29) is 6.04 Å². The van der Waals surface area contributed by atoms with Gasteiger partial charge in [0.1, 0.15) is 0 Å². The highest BCUT2D eigenvalue weighted by molar-refractivity contribution is 5.24. The van der Waals surface area contributed by atoms with Crippen LogP contribution in [0.5, 0.6) is 0 Å². The average molecular weight is 205 g/mol. The van der Waals surface area contributed by atoms with Crippen LogP contribution in [0.25, 0.3) is 0 Å². The highest BCUT2D eigenvalue weighted by atomic mass is 14.6. The summed E-state index contributed by atoms with van der Waals surface area (Å²) in [6.45, 7) is 6.64. The summed E-state index contributed by atoms with van der Waals surface area (Å²) in [5, 5.41) is 0. The Labute approximate surface area is 93.7 Å². The average Bonchev–Trinajstić information content (AvgIpc) is 2.17. The van der Waals surface area contributed by atoms with Gasteiger partial charge in [0.2, 0.25) is 0 Å². The minimum absolute atomic E-state index is 0.212. The number of rotatable bonds is 5. The van der Waals surface area contributed by atoms with E-state index >= 15 is 0 Å². The molecule has 1 aromatic rings. The van der Waals surface area contributed by atoms with Crippen molar-refractivity contribution in [2.24, 2.45) is 11.7 Å². The molecular formula is C14H23N. The lowest BCUT2D eigenvalue weighted by Gasteiger charge is -2.13. The zero-order valence-electron chi connectivity index (χ0n) is 10.2. The molecule has 0 saturated heterocycles. The summed E-state index contributed by atoms with van der Waals surface area (Å²) in [6.07, 6.45) is 3.61. The van der Waals surface area contributed by atoms with E-state index in [0.29, 0.717) is 0 Å². The molecule has 0 aromatic heterocycles. The van der Waals surface area contributed by atoms with E-state index in [1.54, 1.807) is 0 Å². The van der Waals surface area contributed by atoms with Gasteiger partial charge in [-0.15, -0.1) is 0 Å². The van der Waals surface area contributed by atoms with E-state index in [9.17, 15) is 0 Å². The van der Waals surface area contributed by atoms with Crippen LogP contribution in [-0.4, -0.2) is 0 Å². The standard InChI is InChI=1S/C14H23N/c1-11(2)6-4-9-14(15)13-8-5-7-12(3)10-13/h5,7-8,10-11,14H,4,6,9,15H2,1-3H3. The quantitative estimate of drug-likeness (QED) is 0.777. The maximum absolute atomic E-state index is 6.15. The van der Waals surface area contributed by atoms with Gasteiger partial charge in [-0.1, -0.05) is 56.5 Å². The van der Waals surface area contributed by atoms with Crippen molar-refractivity contribution < 1.29 is 0 Å². The summed E-state index contributed by atoms with van der Waals surface area (Å²) in [7, 11) is 0. The minimum atomic E-state index is 0.212. The molecule has 0 saturated carbocycles. The van der Waals surface area contributed by atoms with Crippen LogP contribution in [0.4, 0.5) is 0 Å². The largest absolute Gasteiger partial charge is 0.324 e. The highest BCUT2D eigenvalue weighted by Gasteiger charge is 2.05. The molecule has 0 aliphatic heterocycles. The van der Waals surface area contributed by atoms with Crippen molar-refractivity contribution in [3.63, 3.8) is 0 Å². The van der Waals surface area contributed by atoms with Gasteiger partial charge in [-0.2, -0.15) is 0 Å². The summed E-state index contributed by atoms with van der Waals surface area (Å²) in [5.74, 6) is 0.787. The van der Waals surface area contributed by atoms with E-state index in [2.05, 4.69) is 45.0 Å². The summed E-state index contributed by atoms with van der Waals surface area (Å²) >= 11 is 0. The first-order valence-electron chi connectivity index (χ1n) is 5.91. The number of nitrogens with two attached hydrogens (primary N) is 1. The SMILES string of the molecule is Cc1cccc(C(N)CCCC(C)C)c1. The molecule has 0 heterocycles. The van der Waals surface area contributed by atoms with Crippen LogP contribution in [-0.2, 0) is 0 Å². The Bertz CT molecular complexity index is 291. The Morgan fingerprint density at radius 2 is 1.93 bits per heavy atom. The van der Waals surface area contributed by atoms with Crippen molar-refractivity contribution in [2.75, 3.05) is 0 Å². The smallest absolute Gasteiger partial charge is 0.0294 e. The van der Waals surface area contributed by atoms with E-state index < -0.39 is 0 Å². The predicted molar refractivity (Wildman–Crippen MR) is 66.8 cm³/mol. The van der Waals surface area contributed by atoms with E-state index in [0.717, 1.165) is 12.3 Å². The maximum Gasteiger partial charge on any atom is 0.0294 e. The van der Waals surface area contributed by atoms with Gasteiger partial charge in [-0.3, -0.25) is 0 Å². The molecule has 0 fully saturated rings. The molecule has 1 nitrogen and oxygen atoms in total. The second kappa shape index (κ2) is 5.92. The normalized spacial score (nSPS) is 13.1. The molecule has 84 valence electrons. The number of hydrogen-bond acceptors (Lipinski definition) is 1. The van der Waals surface area contributed by atoms with Crippen LogP contribution in [0, 0.1) is 12.8 Å². The van der Waals surface area contributed by atoms with Crippen molar-refractivity contribution in [3.05, 3.63) is 35.4 Å². The van der Waals surface area contributed by atoms with Crippen molar-refractivity contribution in [1.29, 1.82) is 0 Å². The third kappa shape index (κ3) is 4.48. The Balaban J connectivity index is 2.43. The number of hydrogen-bond donors (Lipinski definition) is 1. The lowest BCUT2D eigenvalue weighted by molar-refractivity contribution is 0.505. The molecule has 1 aromatic carbocycles. The third-order valence-corrected chi connectivity index (χ3v) is 2.77. The van der Waals surface area contributed by atoms with Gasteiger partial charge >= 0.3 is 0 Å². The van der Waals surface area contributed by atoms with Gasteiger partial charge in [0, 0.05) is 6.04 Å². The van der Waals surface area contributed by atoms with Gasteiger partial charge in [0.05, 0.1) is 0 Å². The number of benzene rings is 1. The van der Waals surface area contributed by atoms with Crippen LogP contribution < -0.4 is 5.73 Å². The van der Waals surface area contributed by atoms with Crippen LogP contribution in [0.3, 0.4) is 0 Å².